The van der Waals surface area contributed by atoms with Crippen LogP contribution >= 0.6 is 15.9 Å². The topological polar surface area (TPSA) is 12.0 Å². The van der Waals surface area contributed by atoms with E-state index in [4.69, 9.17) is 6.42 Å². The van der Waals surface area contributed by atoms with E-state index in [1.54, 1.807) is 0 Å². The van der Waals surface area contributed by atoms with Crippen LogP contribution in [0, 0.1) is 12.3 Å². The number of anilines is 1. The summed E-state index contributed by atoms with van der Waals surface area (Å²) in [6.07, 6.45) is 5.37. The van der Waals surface area contributed by atoms with Gasteiger partial charge >= 0.3 is 0 Å². The Bertz CT molecular complexity index is 554. The molecule has 2 heteroatoms. The van der Waals surface area contributed by atoms with E-state index in [0.717, 1.165) is 10.2 Å². The van der Waals surface area contributed by atoms with E-state index >= 15 is 0 Å². The summed E-state index contributed by atoms with van der Waals surface area (Å²) >= 11 is 3.55. The molecule has 1 unspecified atom stereocenters. The molecule has 0 fully saturated rings. The first-order valence-electron chi connectivity index (χ1n) is 5.12. The lowest BCUT2D eigenvalue weighted by Gasteiger charge is -2.13. The smallest absolute Gasteiger partial charge is 0.0846 e. The van der Waals surface area contributed by atoms with Crippen molar-refractivity contribution in [1.29, 1.82) is 0 Å². The van der Waals surface area contributed by atoms with Crippen molar-refractivity contribution < 1.29 is 0 Å². The van der Waals surface area contributed by atoms with Crippen molar-refractivity contribution in [1.82, 2.24) is 0 Å². The van der Waals surface area contributed by atoms with Gasteiger partial charge in [0, 0.05) is 15.5 Å². The molecule has 0 radical (unpaired) electrons. The fraction of sp³-hybridized carbons (Fsp3) is 0.143. The van der Waals surface area contributed by atoms with Crippen LogP contribution in [-0.4, -0.2) is 6.04 Å². The van der Waals surface area contributed by atoms with Crippen LogP contribution in [0.2, 0.25) is 0 Å². The predicted molar refractivity (Wildman–Crippen MR) is 73.6 cm³/mol. The number of hydrogen-bond acceptors (Lipinski definition) is 1. The molecule has 1 atom stereocenters. The van der Waals surface area contributed by atoms with Gasteiger partial charge in [-0.1, -0.05) is 46.1 Å². The second kappa shape index (κ2) is 4.59. The quantitative estimate of drug-likeness (QED) is 0.815. The van der Waals surface area contributed by atoms with Crippen molar-refractivity contribution in [2.45, 2.75) is 13.0 Å². The molecule has 0 spiro atoms. The zero-order valence-corrected chi connectivity index (χ0v) is 10.6. The molecule has 2 aromatic rings. The molecule has 0 heterocycles. The zero-order valence-electron chi connectivity index (χ0n) is 9.00. The number of benzene rings is 2. The van der Waals surface area contributed by atoms with E-state index in [2.05, 4.69) is 39.3 Å². The van der Waals surface area contributed by atoms with Gasteiger partial charge in [-0.15, -0.1) is 6.42 Å². The van der Waals surface area contributed by atoms with Crippen LogP contribution in [0.25, 0.3) is 10.8 Å². The molecule has 1 N–H and O–H groups in total. The van der Waals surface area contributed by atoms with Gasteiger partial charge in [0.05, 0.1) is 6.04 Å². The summed E-state index contributed by atoms with van der Waals surface area (Å²) in [5.41, 5.74) is 1.07. The highest BCUT2D eigenvalue weighted by molar-refractivity contribution is 9.10. The minimum atomic E-state index is 0.0320. The second-order valence-corrected chi connectivity index (χ2v) is 4.53. The Balaban J connectivity index is 2.55. The summed E-state index contributed by atoms with van der Waals surface area (Å²) < 4.78 is 1.10. The van der Waals surface area contributed by atoms with Gasteiger partial charge in [0.25, 0.3) is 0 Å². The summed E-state index contributed by atoms with van der Waals surface area (Å²) in [4.78, 5) is 0. The van der Waals surface area contributed by atoms with Gasteiger partial charge in [-0.25, -0.2) is 0 Å². The monoisotopic (exact) mass is 273 g/mol. The third kappa shape index (κ3) is 2.05. The highest BCUT2D eigenvalue weighted by Crippen LogP contribution is 2.30. The van der Waals surface area contributed by atoms with Crippen molar-refractivity contribution in [2.75, 3.05) is 5.32 Å². The number of halogens is 1. The average Bonchev–Trinajstić information content (AvgIpc) is 2.33. The Labute approximate surface area is 104 Å². The SMILES string of the molecule is C#CC(C)Nc1ccc(Br)c2ccccc12. The van der Waals surface area contributed by atoms with E-state index < -0.39 is 0 Å². The van der Waals surface area contributed by atoms with Crippen molar-refractivity contribution >= 4 is 32.4 Å². The molecule has 0 aromatic heterocycles. The summed E-state index contributed by atoms with van der Waals surface area (Å²) in [5, 5.41) is 5.68. The van der Waals surface area contributed by atoms with Gasteiger partial charge < -0.3 is 5.32 Å². The number of fused-ring (bicyclic) bond motifs is 1. The molecule has 2 rings (SSSR count). The first kappa shape index (κ1) is 11.0. The minimum absolute atomic E-state index is 0.0320. The van der Waals surface area contributed by atoms with Crippen molar-refractivity contribution in [3.05, 3.63) is 40.9 Å². The molecular weight excluding hydrogens is 262 g/mol. The van der Waals surface area contributed by atoms with Crippen LogP contribution in [0.4, 0.5) is 5.69 Å². The molecule has 1 nitrogen and oxygen atoms in total. The third-order valence-electron chi connectivity index (χ3n) is 2.49. The Morgan fingerprint density at radius 1 is 1.19 bits per heavy atom. The molecule has 0 bridgehead atoms. The van der Waals surface area contributed by atoms with E-state index in [-0.39, 0.29) is 6.04 Å². The molecule has 0 saturated heterocycles. The molecule has 0 aliphatic carbocycles. The number of rotatable bonds is 2. The maximum absolute atomic E-state index is 5.37. The summed E-state index contributed by atoms with van der Waals surface area (Å²) in [6, 6.07) is 12.3. The highest BCUT2D eigenvalue weighted by atomic mass is 79.9. The lowest BCUT2D eigenvalue weighted by Crippen LogP contribution is -2.12. The lowest BCUT2D eigenvalue weighted by atomic mass is 10.1. The average molecular weight is 274 g/mol. The third-order valence-corrected chi connectivity index (χ3v) is 3.18. The Morgan fingerprint density at radius 3 is 2.56 bits per heavy atom. The number of hydrogen-bond donors (Lipinski definition) is 1. The lowest BCUT2D eigenvalue weighted by molar-refractivity contribution is 1.04. The summed E-state index contributed by atoms with van der Waals surface area (Å²) in [7, 11) is 0. The van der Waals surface area contributed by atoms with Crippen molar-refractivity contribution in [3.63, 3.8) is 0 Å². The molecule has 0 amide bonds. The number of terminal acetylenes is 1. The van der Waals surface area contributed by atoms with Crippen LogP contribution < -0.4 is 5.32 Å². The van der Waals surface area contributed by atoms with Crippen LogP contribution in [-0.2, 0) is 0 Å². The van der Waals surface area contributed by atoms with E-state index in [0.29, 0.717) is 0 Å². The largest absolute Gasteiger partial charge is 0.371 e. The van der Waals surface area contributed by atoms with Gasteiger partial charge in [0.2, 0.25) is 0 Å². The maximum Gasteiger partial charge on any atom is 0.0846 e. The Hall–Kier alpha value is -1.46. The Kier molecular flexibility index (Phi) is 3.17. The van der Waals surface area contributed by atoms with E-state index in [1.807, 2.05) is 31.2 Å². The molecule has 0 aliphatic rings. The number of nitrogens with one attached hydrogen (secondary N) is 1. The van der Waals surface area contributed by atoms with Crippen LogP contribution in [0.3, 0.4) is 0 Å². The first-order chi connectivity index (χ1) is 7.72. The van der Waals surface area contributed by atoms with Crippen molar-refractivity contribution in [3.8, 4) is 12.3 Å². The minimum Gasteiger partial charge on any atom is -0.371 e. The van der Waals surface area contributed by atoms with E-state index in [9.17, 15) is 0 Å². The zero-order chi connectivity index (χ0) is 11.5. The van der Waals surface area contributed by atoms with Crippen LogP contribution in [0.15, 0.2) is 40.9 Å². The van der Waals surface area contributed by atoms with Gasteiger partial charge in [-0.05, 0) is 24.4 Å². The molecule has 2 aromatic carbocycles. The Morgan fingerprint density at radius 2 is 1.88 bits per heavy atom. The van der Waals surface area contributed by atoms with Gasteiger partial charge in [0.15, 0.2) is 0 Å². The van der Waals surface area contributed by atoms with Crippen LogP contribution in [0.1, 0.15) is 6.92 Å². The second-order valence-electron chi connectivity index (χ2n) is 3.67. The summed E-state index contributed by atoms with van der Waals surface area (Å²) in [6.45, 7) is 1.97. The fourth-order valence-corrected chi connectivity index (χ4v) is 2.14. The van der Waals surface area contributed by atoms with Gasteiger partial charge in [-0.3, -0.25) is 0 Å². The first-order valence-corrected chi connectivity index (χ1v) is 5.91. The molecular formula is C14H12BrN. The van der Waals surface area contributed by atoms with E-state index in [1.165, 1.54) is 10.8 Å². The predicted octanol–water partition coefficient (Wildman–Crippen LogP) is 4.04. The van der Waals surface area contributed by atoms with Gasteiger partial charge in [-0.2, -0.15) is 0 Å². The standard InChI is InChI=1S/C14H12BrN/c1-3-10(2)16-14-9-8-13(15)11-6-4-5-7-12(11)14/h1,4-10,16H,2H3. The fourth-order valence-electron chi connectivity index (χ4n) is 1.66. The summed E-state index contributed by atoms with van der Waals surface area (Å²) in [5.74, 6) is 2.67. The molecule has 0 aliphatic heterocycles. The van der Waals surface area contributed by atoms with Crippen LogP contribution in [0.5, 0.6) is 0 Å². The van der Waals surface area contributed by atoms with Crippen molar-refractivity contribution in [2.24, 2.45) is 0 Å². The maximum atomic E-state index is 5.37. The van der Waals surface area contributed by atoms with Gasteiger partial charge in [0.1, 0.15) is 0 Å². The normalized spacial score (nSPS) is 12.1. The molecule has 16 heavy (non-hydrogen) atoms. The molecule has 0 saturated carbocycles. The molecule has 80 valence electrons. The highest BCUT2D eigenvalue weighted by Gasteiger charge is 2.04.